The summed E-state index contributed by atoms with van der Waals surface area (Å²) in [7, 11) is 0. The molecule has 0 N–H and O–H groups in total. The molecule has 18 heavy (non-hydrogen) atoms. The summed E-state index contributed by atoms with van der Waals surface area (Å²) in [6.07, 6.45) is 7.08. The molecule has 0 spiro atoms. The fourth-order valence-corrected chi connectivity index (χ4v) is 1.44. The van der Waals surface area contributed by atoms with Crippen LogP contribution in [-0.4, -0.2) is 23.1 Å². The van der Waals surface area contributed by atoms with Crippen LogP contribution in [0.25, 0.3) is 0 Å². The fraction of sp³-hybridized carbons (Fsp3) is 0. The van der Waals surface area contributed by atoms with Gasteiger partial charge in [-0.3, -0.25) is 19.2 Å². The van der Waals surface area contributed by atoms with Crippen molar-refractivity contribution in [3.05, 3.63) is 46.5 Å². The number of carbonyl (C=O) groups excluding carboxylic acids is 4. The van der Waals surface area contributed by atoms with Gasteiger partial charge in [-0.15, -0.1) is 0 Å². The number of halogens is 2. The summed E-state index contributed by atoms with van der Waals surface area (Å²) in [6.45, 7) is 0. The van der Waals surface area contributed by atoms with E-state index in [-0.39, 0.29) is 27.4 Å². The largest absolute Gasteiger partial charge is 0.290 e. The van der Waals surface area contributed by atoms with Gasteiger partial charge in [0.1, 0.15) is 0 Å². The highest BCUT2D eigenvalue weighted by atomic mass is 35.5. The molecule has 0 atom stereocenters. The molecule has 6 heteroatoms. The molecule has 2 aliphatic rings. The van der Waals surface area contributed by atoms with E-state index >= 15 is 0 Å². The highest BCUT2D eigenvalue weighted by molar-refractivity contribution is 6.57. The van der Waals surface area contributed by atoms with E-state index in [9.17, 15) is 19.2 Å². The highest BCUT2D eigenvalue weighted by Crippen LogP contribution is 2.18. The first-order valence-electron chi connectivity index (χ1n) is 4.67. The smallest absolute Gasteiger partial charge is 0.215 e. The Hall–Kier alpha value is -1.78. The lowest BCUT2D eigenvalue weighted by atomic mass is 10.2. The third kappa shape index (κ3) is 4.24. The third-order valence-electron chi connectivity index (χ3n) is 1.80. The van der Waals surface area contributed by atoms with Crippen molar-refractivity contribution in [2.75, 3.05) is 0 Å². The van der Waals surface area contributed by atoms with Crippen LogP contribution < -0.4 is 0 Å². The van der Waals surface area contributed by atoms with Gasteiger partial charge in [-0.2, -0.15) is 0 Å². The molecule has 0 saturated carbocycles. The Bertz CT molecular complexity index is 488. The Morgan fingerprint density at radius 1 is 0.611 bits per heavy atom. The number of carbonyl (C=O) groups is 4. The van der Waals surface area contributed by atoms with Crippen LogP contribution in [0.4, 0.5) is 0 Å². The molecule has 0 aromatic heterocycles. The zero-order chi connectivity index (χ0) is 13.7. The zero-order valence-corrected chi connectivity index (χ0v) is 10.4. The molecule has 2 aliphatic carbocycles. The van der Waals surface area contributed by atoms with E-state index in [2.05, 4.69) is 0 Å². The van der Waals surface area contributed by atoms with Gasteiger partial charge in [0.25, 0.3) is 0 Å². The maximum absolute atomic E-state index is 10.7. The van der Waals surface area contributed by atoms with Crippen LogP contribution in [0.2, 0.25) is 0 Å². The molecule has 0 aromatic rings. The molecule has 0 amide bonds. The first-order chi connectivity index (χ1) is 8.40. The Kier molecular flexibility index (Phi) is 4.95. The van der Waals surface area contributed by atoms with E-state index in [1.807, 2.05) is 0 Å². The van der Waals surface area contributed by atoms with Crippen molar-refractivity contribution < 1.29 is 19.2 Å². The van der Waals surface area contributed by atoms with Crippen molar-refractivity contribution in [1.29, 1.82) is 0 Å². The van der Waals surface area contributed by atoms with E-state index in [1.54, 1.807) is 0 Å². The van der Waals surface area contributed by atoms with Gasteiger partial charge < -0.3 is 0 Å². The van der Waals surface area contributed by atoms with Crippen molar-refractivity contribution in [2.45, 2.75) is 0 Å². The topological polar surface area (TPSA) is 68.3 Å². The Morgan fingerprint density at radius 2 is 0.944 bits per heavy atom. The quantitative estimate of drug-likeness (QED) is 0.634. The zero-order valence-electron chi connectivity index (χ0n) is 8.85. The summed E-state index contributed by atoms with van der Waals surface area (Å²) in [5.74, 6) is -1.09. The van der Waals surface area contributed by atoms with Gasteiger partial charge in [0.2, 0.25) is 5.78 Å². The van der Waals surface area contributed by atoms with E-state index in [0.717, 1.165) is 12.2 Å². The Morgan fingerprint density at radius 3 is 1.28 bits per heavy atom. The number of Topliss-reactive ketones (excluding diaryl/α,β-unsaturated/α-hetero) is 1. The number of hydrogen-bond donors (Lipinski definition) is 0. The number of hydrogen-bond acceptors (Lipinski definition) is 4. The second kappa shape index (κ2) is 6.23. The Labute approximate surface area is 112 Å². The SMILES string of the molecule is O=C1C=C(Cl)C(=O)C(Cl)=C1.O=C1C=CC(=O)C=C1. The minimum Gasteiger partial charge on any atom is -0.290 e. The van der Waals surface area contributed by atoms with Gasteiger partial charge in [0.15, 0.2) is 17.3 Å². The molecule has 0 aromatic carbocycles. The van der Waals surface area contributed by atoms with Crippen molar-refractivity contribution in [3.63, 3.8) is 0 Å². The summed E-state index contributed by atoms with van der Waals surface area (Å²) in [5.41, 5.74) is 0. The standard InChI is InChI=1S/C6H2Cl2O2.C6H4O2/c7-4-1-3(9)2-5(8)6(4)10;7-5-1-2-6(8)4-3-5/h1-2H;1-4H. The van der Waals surface area contributed by atoms with Crippen molar-refractivity contribution in [3.8, 4) is 0 Å². The summed E-state index contributed by atoms with van der Waals surface area (Å²) in [5, 5.41) is -0.255. The van der Waals surface area contributed by atoms with Crippen LogP contribution in [0, 0.1) is 0 Å². The van der Waals surface area contributed by atoms with Gasteiger partial charge in [-0.25, -0.2) is 0 Å². The average molecular weight is 285 g/mol. The second-order valence-corrected chi connectivity index (χ2v) is 4.00. The minimum atomic E-state index is -0.497. The normalized spacial score (nSPS) is 18.1. The summed E-state index contributed by atoms with van der Waals surface area (Å²) >= 11 is 10.6. The molecule has 4 nitrogen and oxygen atoms in total. The van der Waals surface area contributed by atoms with Crippen molar-refractivity contribution in [1.82, 2.24) is 0 Å². The number of allylic oxidation sites excluding steroid dienone is 8. The monoisotopic (exact) mass is 284 g/mol. The van der Waals surface area contributed by atoms with Gasteiger partial charge in [-0.1, -0.05) is 23.2 Å². The molecule has 2 rings (SSSR count). The second-order valence-electron chi connectivity index (χ2n) is 3.19. The molecule has 0 unspecified atom stereocenters. The average Bonchev–Trinajstić information content (AvgIpc) is 2.31. The van der Waals surface area contributed by atoms with E-state index < -0.39 is 5.78 Å². The molecule has 92 valence electrons. The lowest BCUT2D eigenvalue weighted by Crippen LogP contribution is -2.07. The van der Waals surface area contributed by atoms with Crippen LogP contribution in [0.15, 0.2) is 46.5 Å². The van der Waals surface area contributed by atoms with Crippen LogP contribution >= 0.6 is 23.2 Å². The van der Waals surface area contributed by atoms with Crippen LogP contribution in [0.3, 0.4) is 0 Å². The summed E-state index contributed by atoms with van der Waals surface area (Å²) in [6, 6.07) is 0. The van der Waals surface area contributed by atoms with Crippen LogP contribution in [0.1, 0.15) is 0 Å². The van der Waals surface area contributed by atoms with Gasteiger partial charge in [0.05, 0.1) is 10.1 Å². The van der Waals surface area contributed by atoms with E-state index in [1.165, 1.54) is 24.3 Å². The molecule has 0 bridgehead atoms. The predicted octanol–water partition coefficient (Wildman–Crippen LogP) is 1.63. The molecular formula is C12H6Cl2O4. The number of rotatable bonds is 0. The van der Waals surface area contributed by atoms with Gasteiger partial charge in [0, 0.05) is 12.2 Å². The maximum Gasteiger partial charge on any atom is 0.215 e. The summed E-state index contributed by atoms with van der Waals surface area (Å²) < 4.78 is 0. The fourth-order valence-electron chi connectivity index (χ4n) is 0.976. The first kappa shape index (κ1) is 14.3. The maximum atomic E-state index is 10.7. The number of ketones is 4. The van der Waals surface area contributed by atoms with Crippen LogP contribution in [0.5, 0.6) is 0 Å². The molecular weight excluding hydrogens is 279 g/mol. The molecule has 0 saturated heterocycles. The molecule has 0 radical (unpaired) electrons. The lowest BCUT2D eigenvalue weighted by Gasteiger charge is -2.00. The lowest BCUT2D eigenvalue weighted by molar-refractivity contribution is -0.114. The highest BCUT2D eigenvalue weighted by Gasteiger charge is 2.17. The predicted molar refractivity (Wildman–Crippen MR) is 66.2 cm³/mol. The minimum absolute atomic E-state index is 0.121. The Balaban J connectivity index is 0.000000184. The van der Waals surface area contributed by atoms with E-state index in [4.69, 9.17) is 23.2 Å². The van der Waals surface area contributed by atoms with Gasteiger partial charge >= 0.3 is 0 Å². The van der Waals surface area contributed by atoms with Crippen molar-refractivity contribution >= 4 is 46.3 Å². The van der Waals surface area contributed by atoms with Gasteiger partial charge in [-0.05, 0) is 24.3 Å². The molecule has 0 aliphatic heterocycles. The first-order valence-corrected chi connectivity index (χ1v) is 5.43. The molecule has 0 heterocycles. The third-order valence-corrected chi connectivity index (χ3v) is 2.36. The molecule has 0 fully saturated rings. The summed E-state index contributed by atoms with van der Waals surface area (Å²) in [4.78, 5) is 41.8. The van der Waals surface area contributed by atoms with Crippen molar-refractivity contribution in [2.24, 2.45) is 0 Å². The van der Waals surface area contributed by atoms with E-state index in [0.29, 0.717) is 0 Å². The van der Waals surface area contributed by atoms with Crippen LogP contribution in [-0.2, 0) is 19.2 Å².